The smallest absolute Gasteiger partial charge is 0.254 e. The van der Waals surface area contributed by atoms with E-state index in [-0.39, 0.29) is 30.6 Å². The van der Waals surface area contributed by atoms with Crippen LogP contribution < -0.4 is 16.0 Å². The normalized spacial score (nSPS) is 15.1. The van der Waals surface area contributed by atoms with Crippen molar-refractivity contribution in [1.82, 2.24) is 14.9 Å². The van der Waals surface area contributed by atoms with Crippen molar-refractivity contribution in [3.8, 4) is 0 Å². The highest BCUT2D eigenvalue weighted by molar-refractivity contribution is 6.10. The average molecular weight is 482 g/mol. The van der Waals surface area contributed by atoms with Gasteiger partial charge in [-0.1, -0.05) is 42.5 Å². The number of aromatic nitrogens is 2. The summed E-state index contributed by atoms with van der Waals surface area (Å²) in [5.74, 6) is 0.0102. The highest BCUT2D eigenvalue weighted by Crippen LogP contribution is 2.22. The maximum absolute atomic E-state index is 12.6. The largest absolute Gasteiger partial charge is 0.340 e. The zero-order valence-corrected chi connectivity index (χ0v) is 20.0. The average Bonchev–Trinajstić information content (AvgIpc) is 3.13. The van der Waals surface area contributed by atoms with Crippen LogP contribution in [0.1, 0.15) is 34.6 Å². The lowest BCUT2D eigenvalue weighted by atomic mass is 10.1. The van der Waals surface area contributed by atoms with Gasteiger partial charge >= 0.3 is 0 Å². The first kappa shape index (κ1) is 23.3. The van der Waals surface area contributed by atoms with Gasteiger partial charge in [0.15, 0.2) is 0 Å². The Hall–Kier alpha value is -4.46. The predicted molar refractivity (Wildman–Crippen MR) is 139 cm³/mol. The van der Waals surface area contributed by atoms with Crippen molar-refractivity contribution in [2.75, 3.05) is 10.6 Å². The molecule has 1 atom stereocenters. The molecule has 182 valence electrons. The van der Waals surface area contributed by atoms with Gasteiger partial charge in [-0.25, -0.2) is 4.98 Å². The minimum absolute atomic E-state index is 0.0806. The molecule has 1 aromatic heterocycles. The first-order chi connectivity index (χ1) is 17.5. The second kappa shape index (κ2) is 10.0. The Kier molecular flexibility index (Phi) is 6.49. The van der Waals surface area contributed by atoms with Gasteiger partial charge in [0.05, 0.1) is 22.3 Å². The van der Waals surface area contributed by atoms with E-state index in [1.807, 2.05) is 43.3 Å². The lowest BCUT2D eigenvalue weighted by Crippen LogP contribution is -2.41. The molecule has 1 aliphatic heterocycles. The fourth-order valence-corrected chi connectivity index (χ4v) is 4.51. The van der Waals surface area contributed by atoms with Gasteiger partial charge < -0.3 is 20.5 Å². The minimum atomic E-state index is -0.791. The summed E-state index contributed by atoms with van der Waals surface area (Å²) in [6, 6.07) is 22.0. The van der Waals surface area contributed by atoms with Crippen molar-refractivity contribution in [3.63, 3.8) is 0 Å². The molecule has 5 rings (SSSR count). The first-order valence-corrected chi connectivity index (χ1v) is 12.0. The van der Waals surface area contributed by atoms with Crippen molar-refractivity contribution in [2.45, 2.75) is 38.8 Å². The number of hydrogen-bond acceptors (Lipinski definition) is 4. The van der Waals surface area contributed by atoms with E-state index in [4.69, 9.17) is 0 Å². The maximum atomic E-state index is 12.6. The number of carbonyl (C=O) groups is 3. The van der Waals surface area contributed by atoms with E-state index in [0.717, 1.165) is 29.8 Å². The molecule has 0 unspecified atom stereocenters. The van der Waals surface area contributed by atoms with Crippen LogP contribution in [0.15, 0.2) is 72.8 Å². The molecule has 0 radical (unpaired) electrons. The van der Waals surface area contributed by atoms with Crippen LogP contribution in [0.2, 0.25) is 0 Å². The summed E-state index contributed by atoms with van der Waals surface area (Å²) in [7, 11) is 0. The molecule has 4 aromatic rings. The van der Waals surface area contributed by atoms with Crippen molar-refractivity contribution in [2.24, 2.45) is 0 Å². The molecule has 8 nitrogen and oxygen atoms in total. The number of para-hydroxylation sites is 1. The number of benzene rings is 3. The zero-order valence-electron chi connectivity index (χ0n) is 20.0. The van der Waals surface area contributed by atoms with Crippen LogP contribution in [-0.2, 0) is 22.6 Å². The van der Waals surface area contributed by atoms with Crippen molar-refractivity contribution in [1.29, 1.82) is 0 Å². The van der Waals surface area contributed by atoms with Crippen LogP contribution in [0.4, 0.5) is 11.4 Å². The number of carbonyl (C=O) groups excluding carboxylic acids is 3. The summed E-state index contributed by atoms with van der Waals surface area (Å²) in [6.07, 6.45) is 1.17. The molecule has 3 amide bonds. The summed E-state index contributed by atoms with van der Waals surface area (Å²) >= 11 is 0. The van der Waals surface area contributed by atoms with Gasteiger partial charge in [0, 0.05) is 18.7 Å². The molecule has 2 heterocycles. The van der Waals surface area contributed by atoms with E-state index in [1.54, 1.807) is 24.3 Å². The molecular formula is C28H27N5O3. The minimum Gasteiger partial charge on any atom is -0.340 e. The van der Waals surface area contributed by atoms with Crippen LogP contribution in [0, 0.1) is 6.92 Å². The molecule has 0 bridgehead atoms. The highest BCUT2D eigenvalue weighted by atomic mass is 16.2. The molecule has 0 saturated heterocycles. The second-order valence-electron chi connectivity index (χ2n) is 8.90. The van der Waals surface area contributed by atoms with Crippen LogP contribution in [0.5, 0.6) is 0 Å². The Morgan fingerprint density at radius 3 is 2.64 bits per heavy atom. The molecule has 0 spiro atoms. The van der Waals surface area contributed by atoms with Gasteiger partial charge in [0.1, 0.15) is 11.9 Å². The number of rotatable bonds is 7. The molecule has 36 heavy (non-hydrogen) atoms. The van der Waals surface area contributed by atoms with Crippen LogP contribution in [0.25, 0.3) is 11.0 Å². The van der Waals surface area contributed by atoms with E-state index in [0.29, 0.717) is 16.9 Å². The van der Waals surface area contributed by atoms with Gasteiger partial charge in [-0.2, -0.15) is 0 Å². The molecule has 0 saturated carbocycles. The van der Waals surface area contributed by atoms with E-state index in [1.165, 1.54) is 5.56 Å². The van der Waals surface area contributed by atoms with Crippen molar-refractivity contribution in [3.05, 3.63) is 89.7 Å². The van der Waals surface area contributed by atoms with E-state index < -0.39 is 6.04 Å². The monoisotopic (exact) mass is 481 g/mol. The van der Waals surface area contributed by atoms with Crippen LogP contribution in [0.3, 0.4) is 0 Å². The molecule has 3 aromatic carbocycles. The molecule has 0 fully saturated rings. The van der Waals surface area contributed by atoms with Crippen LogP contribution in [-0.4, -0.2) is 33.3 Å². The SMILES string of the molecule is Cc1nc2cc(NC(=O)CC[C@@H]3NC(=O)c4ccccc4NC3=O)ccc2n1CCc1ccccc1. The Labute approximate surface area is 208 Å². The Bertz CT molecular complexity index is 1440. The van der Waals surface area contributed by atoms with Gasteiger partial charge in [0.2, 0.25) is 11.8 Å². The molecular weight excluding hydrogens is 454 g/mol. The third-order valence-corrected chi connectivity index (χ3v) is 6.40. The lowest BCUT2D eigenvalue weighted by molar-refractivity contribution is -0.118. The summed E-state index contributed by atoms with van der Waals surface area (Å²) in [4.78, 5) is 42.3. The summed E-state index contributed by atoms with van der Waals surface area (Å²) in [6.45, 7) is 2.80. The first-order valence-electron chi connectivity index (χ1n) is 12.0. The molecule has 8 heteroatoms. The number of nitrogens with one attached hydrogen (secondary N) is 3. The van der Waals surface area contributed by atoms with Gasteiger partial charge in [-0.05, 0) is 55.7 Å². The van der Waals surface area contributed by atoms with E-state index in [2.05, 4.69) is 37.6 Å². The van der Waals surface area contributed by atoms with Crippen molar-refractivity contribution >= 4 is 40.1 Å². The zero-order chi connectivity index (χ0) is 25.1. The van der Waals surface area contributed by atoms with E-state index >= 15 is 0 Å². The maximum Gasteiger partial charge on any atom is 0.254 e. The van der Waals surface area contributed by atoms with Gasteiger partial charge in [-0.3, -0.25) is 14.4 Å². The topological polar surface area (TPSA) is 105 Å². The lowest BCUT2D eigenvalue weighted by Gasteiger charge is -2.14. The fourth-order valence-electron chi connectivity index (χ4n) is 4.51. The summed E-state index contributed by atoms with van der Waals surface area (Å²) < 4.78 is 2.18. The second-order valence-corrected chi connectivity index (χ2v) is 8.90. The third kappa shape index (κ3) is 4.98. The number of amides is 3. The third-order valence-electron chi connectivity index (χ3n) is 6.40. The molecule has 1 aliphatic rings. The van der Waals surface area contributed by atoms with Gasteiger partial charge in [0.25, 0.3) is 5.91 Å². The predicted octanol–water partition coefficient (Wildman–Crippen LogP) is 4.06. The Morgan fingerprint density at radius 1 is 1.03 bits per heavy atom. The fraction of sp³-hybridized carbons (Fsp3) is 0.214. The van der Waals surface area contributed by atoms with E-state index in [9.17, 15) is 14.4 Å². The molecule has 0 aliphatic carbocycles. The van der Waals surface area contributed by atoms with Crippen molar-refractivity contribution < 1.29 is 14.4 Å². The van der Waals surface area contributed by atoms with Gasteiger partial charge in [-0.15, -0.1) is 0 Å². The number of nitrogens with zero attached hydrogens (tertiary/aromatic N) is 2. The van der Waals surface area contributed by atoms with Crippen LogP contribution >= 0.6 is 0 Å². The number of aryl methyl sites for hydroxylation is 3. The standard InChI is InChI=1S/C28H27N5O3/c1-18-29-24-17-20(11-13-25(24)33(18)16-15-19-7-3-2-4-8-19)30-26(34)14-12-23-28(36)31-22-10-6-5-9-21(22)27(35)32-23/h2-11,13,17,23H,12,14-16H2,1H3,(H,30,34)(H,31,36)(H,32,35)/t23-/m0/s1. The summed E-state index contributed by atoms with van der Waals surface area (Å²) in [5, 5.41) is 8.36. The number of imidazole rings is 1. The summed E-state index contributed by atoms with van der Waals surface area (Å²) in [5.41, 5.74) is 4.61. The quantitative estimate of drug-likeness (QED) is 0.370. The number of anilines is 2. The highest BCUT2D eigenvalue weighted by Gasteiger charge is 2.27. The number of hydrogen-bond donors (Lipinski definition) is 3. The Morgan fingerprint density at radius 2 is 1.81 bits per heavy atom. The number of fused-ring (bicyclic) bond motifs is 2. The Balaban J connectivity index is 1.20. The molecule has 3 N–H and O–H groups in total.